The molecule has 0 amide bonds. The second-order valence-corrected chi connectivity index (χ2v) is 1.73. The van der Waals surface area contributed by atoms with Gasteiger partial charge in [0.25, 0.3) is 0 Å². The van der Waals surface area contributed by atoms with E-state index in [1.54, 1.807) is 10.8 Å². The summed E-state index contributed by atoms with van der Waals surface area (Å²) in [5, 5.41) is 0. The number of nitrogen functional groups attached to an aromatic ring is 1. The van der Waals surface area contributed by atoms with Gasteiger partial charge in [-0.1, -0.05) is 0 Å². The number of rotatable bonds is 2. The zero-order valence-corrected chi connectivity index (χ0v) is 6.14. The Morgan fingerprint density at radius 2 is 2.40 bits per heavy atom. The van der Waals surface area contributed by atoms with Gasteiger partial charge in [-0.3, -0.25) is 0 Å². The van der Waals surface area contributed by atoms with E-state index in [-0.39, 0.29) is 19.1 Å². The Balaban J connectivity index is 0.000000810. The Labute approximate surface area is 64.5 Å². The second-order valence-electron chi connectivity index (χ2n) is 1.73. The molecule has 2 N–H and O–H groups in total. The van der Waals surface area contributed by atoms with Gasteiger partial charge in [-0.2, -0.15) is 0 Å². The van der Waals surface area contributed by atoms with Crippen LogP contribution in [0.1, 0.15) is 0 Å². The Bertz CT molecular complexity index is 189. The number of hydrogen-bond acceptors (Lipinski definition) is 2. The van der Waals surface area contributed by atoms with Crippen LogP contribution in [0.15, 0.2) is 12.5 Å². The van der Waals surface area contributed by atoms with Gasteiger partial charge in [0.15, 0.2) is 0 Å². The average molecular weight is 166 g/mol. The van der Waals surface area contributed by atoms with Crippen LogP contribution in [0.4, 0.5) is 10.2 Å². The number of aromatic nitrogens is 2. The summed E-state index contributed by atoms with van der Waals surface area (Å²) in [5.41, 5.74) is 5.25. The smallest absolute Gasteiger partial charge is 0.141 e. The molecule has 3 nitrogen and oxygen atoms in total. The van der Waals surface area contributed by atoms with E-state index in [0.29, 0.717) is 12.4 Å². The number of anilines is 1. The highest BCUT2D eigenvalue weighted by Gasteiger charge is 1.90. The fraction of sp³-hybridized carbons (Fsp3) is 0.400. The maximum atomic E-state index is 11.6. The predicted octanol–water partition coefficient (Wildman–Crippen LogP) is 0.857. The summed E-state index contributed by atoms with van der Waals surface area (Å²) in [6.45, 7) is -0.0417. The minimum absolute atomic E-state index is 0. The zero-order valence-electron chi connectivity index (χ0n) is 5.33. The van der Waals surface area contributed by atoms with Gasteiger partial charge >= 0.3 is 0 Å². The summed E-state index contributed by atoms with van der Waals surface area (Å²) >= 11 is 0. The van der Waals surface area contributed by atoms with Crippen molar-refractivity contribution in [3.8, 4) is 0 Å². The molecule has 0 spiro atoms. The molecule has 10 heavy (non-hydrogen) atoms. The zero-order chi connectivity index (χ0) is 6.69. The standard InChI is InChI=1S/C5H8FN3.ClH/c6-1-2-9-3-5(7)8-4-9;/h3-4H,1-2,7H2;1H. The van der Waals surface area contributed by atoms with Crippen LogP contribution in [-0.4, -0.2) is 16.2 Å². The molecule has 1 heterocycles. The van der Waals surface area contributed by atoms with Crippen LogP contribution in [0.5, 0.6) is 0 Å². The van der Waals surface area contributed by atoms with E-state index in [1.807, 2.05) is 0 Å². The maximum absolute atomic E-state index is 11.6. The van der Waals surface area contributed by atoms with Gasteiger partial charge in [0, 0.05) is 6.20 Å². The number of hydrogen-bond donors (Lipinski definition) is 1. The van der Waals surface area contributed by atoms with Crippen molar-refractivity contribution in [1.29, 1.82) is 0 Å². The van der Waals surface area contributed by atoms with Crippen molar-refractivity contribution in [3.05, 3.63) is 12.5 Å². The van der Waals surface area contributed by atoms with Gasteiger partial charge in [-0.05, 0) is 0 Å². The number of halogens is 2. The molecule has 0 saturated heterocycles. The molecule has 0 radical (unpaired) electrons. The molecule has 5 heteroatoms. The van der Waals surface area contributed by atoms with E-state index in [1.165, 1.54) is 6.33 Å². The third-order valence-corrected chi connectivity index (χ3v) is 0.996. The molecule has 0 aliphatic heterocycles. The van der Waals surface area contributed by atoms with Gasteiger partial charge in [0.1, 0.15) is 12.5 Å². The lowest BCUT2D eigenvalue weighted by molar-refractivity contribution is 0.445. The minimum atomic E-state index is -0.379. The van der Waals surface area contributed by atoms with Crippen molar-refractivity contribution in [2.45, 2.75) is 6.54 Å². The van der Waals surface area contributed by atoms with E-state index >= 15 is 0 Å². The number of imidazole rings is 1. The highest BCUT2D eigenvalue weighted by atomic mass is 35.5. The monoisotopic (exact) mass is 165 g/mol. The lowest BCUT2D eigenvalue weighted by atomic mass is 10.7. The molecule has 0 aliphatic carbocycles. The summed E-state index contributed by atoms with van der Waals surface area (Å²) in [4.78, 5) is 3.71. The Hall–Kier alpha value is -0.770. The van der Waals surface area contributed by atoms with Gasteiger partial charge in [-0.15, -0.1) is 12.4 Å². The van der Waals surface area contributed by atoms with Crippen LogP contribution >= 0.6 is 12.4 Å². The van der Waals surface area contributed by atoms with Gasteiger partial charge in [0.2, 0.25) is 0 Å². The highest BCUT2D eigenvalue weighted by Crippen LogP contribution is 1.95. The fourth-order valence-electron chi connectivity index (χ4n) is 0.597. The number of nitrogens with zero attached hydrogens (tertiary/aromatic N) is 2. The first-order valence-electron chi connectivity index (χ1n) is 2.66. The molecule has 1 rings (SSSR count). The second kappa shape index (κ2) is 4.11. The molecule has 1 aromatic heterocycles. The summed E-state index contributed by atoms with van der Waals surface area (Å²) in [6, 6.07) is 0. The number of alkyl halides is 1. The van der Waals surface area contributed by atoms with Crippen molar-refractivity contribution in [3.63, 3.8) is 0 Å². The molecule has 0 atom stereocenters. The Morgan fingerprint density at radius 1 is 1.70 bits per heavy atom. The number of nitrogens with two attached hydrogens (primary N) is 1. The van der Waals surface area contributed by atoms with Crippen LogP contribution in [0.2, 0.25) is 0 Å². The molecule has 0 fully saturated rings. The van der Waals surface area contributed by atoms with Gasteiger partial charge in [-0.25, -0.2) is 9.37 Å². The van der Waals surface area contributed by atoms with Crippen LogP contribution in [0, 0.1) is 0 Å². The molecular formula is C5H9ClFN3. The van der Waals surface area contributed by atoms with Gasteiger partial charge in [0.05, 0.1) is 12.9 Å². The van der Waals surface area contributed by atoms with E-state index in [0.717, 1.165) is 0 Å². The number of aryl methyl sites for hydroxylation is 1. The van der Waals surface area contributed by atoms with Crippen molar-refractivity contribution < 1.29 is 4.39 Å². The van der Waals surface area contributed by atoms with Crippen molar-refractivity contribution in [2.75, 3.05) is 12.4 Å². The van der Waals surface area contributed by atoms with Gasteiger partial charge < -0.3 is 10.3 Å². The van der Waals surface area contributed by atoms with Crippen LogP contribution in [-0.2, 0) is 6.54 Å². The SMILES string of the molecule is Cl.Nc1cn(CCF)cn1. The van der Waals surface area contributed by atoms with Crippen LogP contribution in [0.25, 0.3) is 0 Å². The normalized spacial score (nSPS) is 8.90. The molecular weight excluding hydrogens is 157 g/mol. The molecule has 0 bridgehead atoms. The average Bonchev–Trinajstić information content (AvgIpc) is 2.17. The Morgan fingerprint density at radius 3 is 2.80 bits per heavy atom. The minimum Gasteiger partial charge on any atom is -0.382 e. The first kappa shape index (κ1) is 9.23. The van der Waals surface area contributed by atoms with E-state index < -0.39 is 0 Å². The van der Waals surface area contributed by atoms with Crippen LogP contribution < -0.4 is 5.73 Å². The summed E-state index contributed by atoms with van der Waals surface area (Å²) in [5.74, 6) is 0.434. The summed E-state index contributed by atoms with van der Waals surface area (Å²) in [7, 11) is 0. The first-order valence-corrected chi connectivity index (χ1v) is 2.66. The molecule has 0 aromatic carbocycles. The third kappa shape index (κ3) is 2.23. The molecule has 1 aromatic rings. The van der Waals surface area contributed by atoms with E-state index in [2.05, 4.69) is 4.98 Å². The van der Waals surface area contributed by atoms with Crippen LogP contribution in [0.3, 0.4) is 0 Å². The van der Waals surface area contributed by atoms with Crippen molar-refractivity contribution in [2.24, 2.45) is 0 Å². The topological polar surface area (TPSA) is 43.8 Å². The third-order valence-electron chi connectivity index (χ3n) is 0.996. The molecule has 0 saturated carbocycles. The maximum Gasteiger partial charge on any atom is 0.141 e. The fourth-order valence-corrected chi connectivity index (χ4v) is 0.597. The van der Waals surface area contributed by atoms with Crippen molar-refractivity contribution >= 4 is 18.2 Å². The van der Waals surface area contributed by atoms with Crippen molar-refractivity contribution in [1.82, 2.24) is 9.55 Å². The summed E-state index contributed by atoms with van der Waals surface area (Å²) < 4.78 is 13.2. The molecule has 0 aliphatic rings. The molecule has 0 unspecified atom stereocenters. The highest BCUT2D eigenvalue weighted by molar-refractivity contribution is 5.85. The molecule has 58 valence electrons. The predicted molar refractivity (Wildman–Crippen MR) is 39.9 cm³/mol. The quantitative estimate of drug-likeness (QED) is 0.707. The largest absolute Gasteiger partial charge is 0.382 e. The van der Waals surface area contributed by atoms with E-state index in [4.69, 9.17) is 5.73 Å². The lowest BCUT2D eigenvalue weighted by Gasteiger charge is -1.91. The van der Waals surface area contributed by atoms with E-state index in [9.17, 15) is 4.39 Å². The Kier molecular flexibility index (Phi) is 3.79. The first-order chi connectivity index (χ1) is 4.33. The lowest BCUT2D eigenvalue weighted by Crippen LogP contribution is -1.94. The summed E-state index contributed by atoms with van der Waals surface area (Å²) in [6.07, 6.45) is 3.11.